The second-order valence-electron chi connectivity index (χ2n) is 24.3. The fourth-order valence-corrected chi connectivity index (χ4v) is 15.8. The lowest BCUT2D eigenvalue weighted by molar-refractivity contribution is -0.144. The number of thiophene rings is 2. The molecule has 2 aliphatic carbocycles. The first kappa shape index (κ1) is 57.6. The van der Waals surface area contributed by atoms with Crippen LogP contribution < -0.4 is 9.80 Å². The highest BCUT2D eigenvalue weighted by Crippen LogP contribution is 2.53. The van der Waals surface area contributed by atoms with Gasteiger partial charge in [-0.05, 0) is 184 Å². The molecule has 0 unspecified atom stereocenters. The first-order chi connectivity index (χ1) is 43.3. The van der Waals surface area contributed by atoms with Crippen LogP contribution in [-0.4, -0.2) is 40.8 Å². The molecule has 440 valence electrons. The third-order valence-electron chi connectivity index (χ3n) is 18.0. The van der Waals surface area contributed by atoms with E-state index in [4.69, 9.17) is 18.2 Å². The average Bonchev–Trinajstić information content (AvgIpc) is 1.62. The number of esters is 1. The van der Waals surface area contributed by atoms with E-state index in [-0.39, 0.29) is 29.2 Å². The number of rotatable bonds is 19. The van der Waals surface area contributed by atoms with Gasteiger partial charge in [0.25, 0.3) is 0 Å². The predicted octanol–water partition coefficient (Wildman–Crippen LogP) is 20.7. The van der Waals surface area contributed by atoms with Gasteiger partial charge < -0.3 is 24.1 Å². The summed E-state index contributed by atoms with van der Waals surface area (Å²) >= 11 is 4.80. The third-order valence-corrected chi connectivity index (χ3v) is 20.8. The number of hydrogen-bond acceptors (Lipinski definition) is 11. The summed E-state index contributed by atoms with van der Waals surface area (Å²) in [4.78, 5) is 33.6. The summed E-state index contributed by atoms with van der Waals surface area (Å²) in [6, 6.07) is 79.7. The van der Waals surface area contributed by atoms with E-state index in [0.717, 1.165) is 94.7 Å². The Labute approximate surface area is 532 Å². The molecule has 8 nitrogen and oxygen atoms in total. The number of ether oxygens (including phenoxy) is 2. The minimum Gasteiger partial charge on any atom is -0.463 e. The molecule has 0 amide bonds. The number of aromatic nitrogens is 2. The molecular formula is C78H66N4O4S3. The van der Waals surface area contributed by atoms with Gasteiger partial charge in [-0.2, -0.15) is 8.75 Å². The number of Topliss-reactive ketones (excluding diaryl/α,β-unsaturated/α-hetero) is 1. The van der Waals surface area contributed by atoms with Gasteiger partial charge in [-0.15, -0.1) is 22.7 Å². The molecule has 0 bridgehead atoms. The summed E-state index contributed by atoms with van der Waals surface area (Å²) in [5.41, 5.74) is 25.0. The molecule has 9 aromatic carbocycles. The zero-order valence-electron chi connectivity index (χ0n) is 50.7. The third kappa shape index (κ3) is 10.9. The van der Waals surface area contributed by atoms with E-state index in [1.54, 1.807) is 36.7 Å². The molecule has 2 aliphatic rings. The Morgan fingerprint density at radius 3 is 1.24 bits per heavy atom. The Morgan fingerprint density at radius 1 is 0.416 bits per heavy atom. The van der Waals surface area contributed by atoms with Gasteiger partial charge in [-0.3, -0.25) is 4.79 Å². The maximum Gasteiger partial charge on any atom is 0.306 e. The van der Waals surface area contributed by atoms with Crippen LogP contribution in [0.5, 0.6) is 0 Å². The number of aryl methyl sites for hydroxylation is 2. The topological polar surface area (TPSA) is 84.9 Å². The standard InChI is InChI=1S/C78H66N4O4S3/c1-49(83)15-16-50-17-26-54(27-18-50)81(58-34-36-62-60-11-7-9-13-66(60)77(2,3)68(62)47-58)56-30-22-52(23-31-56)70-40-42-72(87-70)64-38-39-65(76-75(64)79-89-80-76)73-43-41-71(88-73)53-24-32-57(33-25-53)82(55-28-19-51(20-29-55)21-44-74(84)86-46-45-85-6)59-35-37-63-61-12-8-10-14-67(61)78(4,5)69(63)48-59/h7-14,17-20,22-43,47-48H,15-16,21,44-46H2,1-6H3. The van der Waals surface area contributed by atoms with Gasteiger partial charge in [0.05, 0.1) is 18.3 Å². The number of carbonyl (C=O) groups is 2. The molecule has 0 saturated heterocycles. The molecule has 3 aromatic heterocycles. The molecule has 0 N–H and O–H groups in total. The number of carbonyl (C=O) groups excluding carboxylic acids is 2. The lowest BCUT2D eigenvalue weighted by Crippen LogP contribution is -2.16. The molecule has 12 aromatic rings. The van der Waals surface area contributed by atoms with Crippen molar-refractivity contribution in [1.29, 1.82) is 0 Å². The molecule has 0 atom stereocenters. The van der Waals surface area contributed by atoms with Crippen molar-refractivity contribution in [3.05, 3.63) is 252 Å². The Hall–Kier alpha value is -9.10. The van der Waals surface area contributed by atoms with Gasteiger partial charge in [-0.25, -0.2) is 0 Å². The number of methoxy groups -OCH3 is 1. The van der Waals surface area contributed by atoms with Crippen molar-refractivity contribution in [2.75, 3.05) is 30.1 Å². The van der Waals surface area contributed by atoms with Crippen molar-refractivity contribution in [2.24, 2.45) is 0 Å². The smallest absolute Gasteiger partial charge is 0.306 e. The lowest BCUT2D eigenvalue weighted by Gasteiger charge is -2.28. The number of fused-ring (bicyclic) bond motifs is 7. The SMILES string of the molecule is COCCOC(=O)CCc1ccc(N(c2ccc(-c3ccc(-c4ccc(-c5ccc(-c6ccc(N(c7ccc(CCC(C)=O)cc7)c7ccc8c(c7)C(C)(C)c7ccccc7-8)cc6)s5)c5nsnc45)s3)cc2)c2ccc3c(c2)C(C)(C)c2ccccc2-3)cc1. The Balaban J connectivity index is 0.717. The highest BCUT2D eigenvalue weighted by Gasteiger charge is 2.37. The monoisotopic (exact) mass is 1220 g/mol. The molecule has 0 radical (unpaired) electrons. The fourth-order valence-electron chi connectivity index (χ4n) is 13.1. The van der Waals surface area contributed by atoms with E-state index in [1.165, 1.54) is 66.0 Å². The highest BCUT2D eigenvalue weighted by molar-refractivity contribution is 7.19. The molecule has 3 heterocycles. The maximum atomic E-state index is 12.5. The summed E-state index contributed by atoms with van der Waals surface area (Å²) in [5, 5.41) is 0. The Kier molecular flexibility index (Phi) is 15.4. The number of nitrogens with zero attached hydrogens (tertiary/aromatic N) is 4. The summed E-state index contributed by atoms with van der Waals surface area (Å²) in [6.07, 6.45) is 2.16. The van der Waals surface area contributed by atoms with Crippen LogP contribution in [0, 0.1) is 0 Å². The van der Waals surface area contributed by atoms with E-state index in [1.807, 2.05) is 0 Å². The zero-order valence-corrected chi connectivity index (χ0v) is 53.1. The fraction of sp³-hybridized carbons (Fsp3) is 0.179. The second-order valence-corrected chi connectivity index (χ2v) is 27.0. The van der Waals surface area contributed by atoms with E-state index in [2.05, 4.69) is 256 Å². The van der Waals surface area contributed by atoms with E-state index < -0.39 is 0 Å². The van der Waals surface area contributed by atoms with Gasteiger partial charge in [-0.1, -0.05) is 149 Å². The first-order valence-electron chi connectivity index (χ1n) is 30.4. The van der Waals surface area contributed by atoms with Gasteiger partial charge in [0.1, 0.15) is 23.4 Å². The van der Waals surface area contributed by atoms with Crippen LogP contribution in [-0.2, 0) is 42.7 Å². The van der Waals surface area contributed by atoms with Gasteiger partial charge in [0.2, 0.25) is 0 Å². The van der Waals surface area contributed by atoms with Crippen LogP contribution in [0.4, 0.5) is 34.1 Å². The second kappa shape index (κ2) is 23.8. The molecule has 0 fully saturated rings. The minimum absolute atomic E-state index is 0.139. The zero-order chi connectivity index (χ0) is 61.0. The summed E-state index contributed by atoms with van der Waals surface area (Å²) < 4.78 is 20.2. The summed E-state index contributed by atoms with van der Waals surface area (Å²) in [6.45, 7) is 11.6. The van der Waals surface area contributed by atoms with E-state index in [0.29, 0.717) is 25.9 Å². The predicted molar refractivity (Wildman–Crippen MR) is 370 cm³/mol. The number of ketones is 1. The molecule has 0 aliphatic heterocycles. The molecule has 14 rings (SSSR count). The Morgan fingerprint density at radius 2 is 0.798 bits per heavy atom. The molecular weight excluding hydrogens is 1150 g/mol. The molecule has 89 heavy (non-hydrogen) atoms. The van der Waals surface area contributed by atoms with Crippen molar-refractivity contribution in [3.63, 3.8) is 0 Å². The van der Waals surface area contributed by atoms with E-state index >= 15 is 0 Å². The Bertz CT molecular complexity index is 4630. The molecule has 11 heteroatoms. The highest BCUT2D eigenvalue weighted by atomic mass is 32.1. The normalized spacial score (nSPS) is 13.2. The number of benzene rings is 9. The van der Waals surface area contributed by atoms with Crippen molar-refractivity contribution in [2.45, 2.75) is 71.1 Å². The van der Waals surface area contributed by atoms with Crippen LogP contribution in [0.15, 0.2) is 218 Å². The van der Waals surface area contributed by atoms with Crippen molar-refractivity contribution < 1.29 is 19.1 Å². The minimum atomic E-state index is -0.225. The summed E-state index contributed by atoms with van der Waals surface area (Å²) in [5.74, 6) is -0.0244. The van der Waals surface area contributed by atoms with Crippen molar-refractivity contribution in [3.8, 4) is 64.0 Å². The average molecular weight is 1220 g/mol. The van der Waals surface area contributed by atoms with Crippen LogP contribution in [0.1, 0.15) is 80.8 Å². The van der Waals surface area contributed by atoms with Crippen molar-refractivity contribution in [1.82, 2.24) is 8.75 Å². The van der Waals surface area contributed by atoms with Gasteiger partial charge in [0.15, 0.2) is 0 Å². The van der Waals surface area contributed by atoms with Crippen LogP contribution in [0.25, 0.3) is 75.0 Å². The largest absolute Gasteiger partial charge is 0.463 e. The lowest BCUT2D eigenvalue weighted by atomic mass is 9.82. The number of anilines is 6. The van der Waals surface area contributed by atoms with Crippen LogP contribution in [0.3, 0.4) is 0 Å². The molecule has 0 spiro atoms. The van der Waals surface area contributed by atoms with Crippen LogP contribution in [0.2, 0.25) is 0 Å². The van der Waals surface area contributed by atoms with E-state index in [9.17, 15) is 9.59 Å². The first-order valence-corrected chi connectivity index (χ1v) is 32.7. The maximum absolute atomic E-state index is 12.5. The number of hydrogen-bond donors (Lipinski definition) is 0. The quantitative estimate of drug-likeness (QED) is 0.0585. The van der Waals surface area contributed by atoms with Crippen molar-refractivity contribution >= 4 is 91.3 Å². The summed E-state index contributed by atoms with van der Waals surface area (Å²) in [7, 11) is 1.60. The molecule has 0 saturated carbocycles. The van der Waals surface area contributed by atoms with Gasteiger partial charge >= 0.3 is 5.97 Å². The van der Waals surface area contributed by atoms with Crippen LogP contribution >= 0.6 is 34.4 Å². The van der Waals surface area contributed by atoms with Gasteiger partial charge in [0, 0.05) is 95.5 Å².